The summed E-state index contributed by atoms with van der Waals surface area (Å²) in [7, 11) is 0. The summed E-state index contributed by atoms with van der Waals surface area (Å²) in [6.07, 6.45) is 2.48. The number of amides is 2. The molecule has 3 rings (SSSR count). The Morgan fingerprint density at radius 2 is 2.00 bits per heavy atom. The molecule has 0 unspecified atom stereocenters. The summed E-state index contributed by atoms with van der Waals surface area (Å²) in [5.41, 5.74) is 5.15. The zero-order valence-corrected chi connectivity index (χ0v) is 15.3. The standard InChI is InChI=1S/C19H27N5O/c1-4-24-15(3)18(14(2)22-24)13-20-19(25)21-16-8-7-9-17(12-16)23-10-5-6-11-23/h7-9,12H,4-6,10-11,13H2,1-3H3,(H2,20,21,25). The van der Waals surface area contributed by atoms with Gasteiger partial charge < -0.3 is 15.5 Å². The van der Waals surface area contributed by atoms with Crippen LogP contribution in [0.5, 0.6) is 0 Å². The van der Waals surface area contributed by atoms with E-state index in [1.165, 1.54) is 18.5 Å². The number of nitrogens with one attached hydrogen (secondary N) is 2. The number of hydrogen-bond acceptors (Lipinski definition) is 3. The van der Waals surface area contributed by atoms with Crippen molar-refractivity contribution in [2.75, 3.05) is 23.3 Å². The average molecular weight is 341 g/mol. The first-order valence-electron chi connectivity index (χ1n) is 9.01. The van der Waals surface area contributed by atoms with Gasteiger partial charge in [0.05, 0.1) is 5.69 Å². The van der Waals surface area contributed by atoms with Gasteiger partial charge in [-0.2, -0.15) is 5.10 Å². The molecule has 2 aromatic rings. The minimum atomic E-state index is -0.193. The monoisotopic (exact) mass is 341 g/mol. The molecule has 2 amide bonds. The molecule has 1 fully saturated rings. The Labute approximate surface area is 149 Å². The van der Waals surface area contributed by atoms with Gasteiger partial charge in [0, 0.05) is 48.8 Å². The lowest BCUT2D eigenvalue weighted by atomic mass is 10.2. The lowest BCUT2D eigenvalue weighted by Gasteiger charge is -2.18. The summed E-state index contributed by atoms with van der Waals surface area (Å²) in [5.74, 6) is 0. The number of carbonyl (C=O) groups is 1. The summed E-state index contributed by atoms with van der Waals surface area (Å²) in [6.45, 7) is 9.59. The Morgan fingerprint density at radius 1 is 1.24 bits per heavy atom. The van der Waals surface area contributed by atoms with E-state index in [-0.39, 0.29) is 6.03 Å². The molecule has 0 aliphatic carbocycles. The Hall–Kier alpha value is -2.50. The van der Waals surface area contributed by atoms with Crippen molar-refractivity contribution in [3.63, 3.8) is 0 Å². The van der Waals surface area contributed by atoms with Gasteiger partial charge in [-0.15, -0.1) is 0 Å². The van der Waals surface area contributed by atoms with Gasteiger partial charge in [0.1, 0.15) is 0 Å². The van der Waals surface area contributed by atoms with Crippen LogP contribution in [0.25, 0.3) is 0 Å². The predicted octanol–water partition coefficient (Wildman–Crippen LogP) is 3.44. The molecule has 1 aromatic heterocycles. The van der Waals surface area contributed by atoms with E-state index < -0.39 is 0 Å². The van der Waals surface area contributed by atoms with E-state index in [9.17, 15) is 4.79 Å². The van der Waals surface area contributed by atoms with Gasteiger partial charge >= 0.3 is 6.03 Å². The second-order valence-corrected chi connectivity index (χ2v) is 6.52. The van der Waals surface area contributed by atoms with Crippen LogP contribution in [0, 0.1) is 13.8 Å². The zero-order chi connectivity index (χ0) is 17.8. The van der Waals surface area contributed by atoms with Crippen LogP contribution >= 0.6 is 0 Å². The van der Waals surface area contributed by atoms with Crippen LogP contribution in [-0.2, 0) is 13.1 Å². The number of benzene rings is 1. The summed E-state index contributed by atoms with van der Waals surface area (Å²) in [5, 5.41) is 10.4. The molecule has 25 heavy (non-hydrogen) atoms. The van der Waals surface area contributed by atoms with Crippen molar-refractivity contribution >= 4 is 17.4 Å². The summed E-state index contributed by atoms with van der Waals surface area (Å²) < 4.78 is 1.96. The first-order valence-corrected chi connectivity index (χ1v) is 9.01. The third-order valence-corrected chi connectivity index (χ3v) is 4.83. The second-order valence-electron chi connectivity index (χ2n) is 6.52. The highest BCUT2D eigenvalue weighted by molar-refractivity contribution is 5.89. The number of nitrogens with zero attached hydrogens (tertiary/aromatic N) is 3. The van der Waals surface area contributed by atoms with Crippen molar-refractivity contribution in [2.24, 2.45) is 0 Å². The summed E-state index contributed by atoms with van der Waals surface area (Å²) in [6, 6.07) is 7.85. The number of anilines is 2. The van der Waals surface area contributed by atoms with E-state index in [1.807, 2.05) is 36.7 Å². The van der Waals surface area contributed by atoms with Crippen LogP contribution in [0.2, 0.25) is 0 Å². The average Bonchev–Trinajstić information content (AvgIpc) is 3.22. The van der Waals surface area contributed by atoms with Gasteiger partial charge in [0.2, 0.25) is 0 Å². The SMILES string of the molecule is CCn1nc(C)c(CNC(=O)Nc2cccc(N3CCCC3)c2)c1C. The van der Waals surface area contributed by atoms with E-state index in [0.717, 1.165) is 42.3 Å². The Morgan fingerprint density at radius 3 is 2.68 bits per heavy atom. The van der Waals surface area contributed by atoms with Crippen LogP contribution in [0.15, 0.2) is 24.3 Å². The van der Waals surface area contributed by atoms with Crippen molar-refractivity contribution in [3.8, 4) is 0 Å². The van der Waals surface area contributed by atoms with Gasteiger partial charge in [-0.05, 0) is 51.8 Å². The lowest BCUT2D eigenvalue weighted by Crippen LogP contribution is -2.28. The van der Waals surface area contributed by atoms with E-state index in [0.29, 0.717) is 6.54 Å². The summed E-state index contributed by atoms with van der Waals surface area (Å²) in [4.78, 5) is 14.6. The molecule has 0 bridgehead atoms. The highest BCUT2D eigenvalue weighted by atomic mass is 16.2. The first kappa shape index (κ1) is 17.3. The summed E-state index contributed by atoms with van der Waals surface area (Å²) >= 11 is 0. The minimum absolute atomic E-state index is 0.193. The van der Waals surface area contributed by atoms with E-state index in [1.54, 1.807) is 0 Å². The van der Waals surface area contributed by atoms with E-state index in [4.69, 9.17) is 0 Å². The lowest BCUT2D eigenvalue weighted by molar-refractivity contribution is 0.251. The molecule has 0 spiro atoms. The van der Waals surface area contributed by atoms with Gasteiger partial charge in [-0.1, -0.05) is 6.07 Å². The maximum atomic E-state index is 12.3. The number of aromatic nitrogens is 2. The van der Waals surface area contributed by atoms with E-state index in [2.05, 4.69) is 33.6 Å². The molecular formula is C19H27N5O. The molecule has 1 aromatic carbocycles. The number of hydrogen-bond donors (Lipinski definition) is 2. The third-order valence-electron chi connectivity index (χ3n) is 4.83. The fourth-order valence-corrected chi connectivity index (χ4v) is 3.40. The van der Waals surface area contributed by atoms with Crippen LogP contribution in [-0.4, -0.2) is 28.9 Å². The Kier molecular flexibility index (Phi) is 5.26. The smallest absolute Gasteiger partial charge is 0.319 e. The molecule has 1 aliphatic heterocycles. The van der Waals surface area contributed by atoms with Gasteiger partial charge in [-0.3, -0.25) is 4.68 Å². The molecule has 1 saturated heterocycles. The van der Waals surface area contributed by atoms with Crippen molar-refractivity contribution in [1.82, 2.24) is 15.1 Å². The molecule has 134 valence electrons. The second kappa shape index (κ2) is 7.59. The number of rotatable bonds is 5. The molecule has 6 nitrogen and oxygen atoms in total. The molecule has 2 heterocycles. The molecule has 0 radical (unpaired) electrons. The van der Waals surface area contributed by atoms with Gasteiger partial charge in [-0.25, -0.2) is 4.79 Å². The zero-order valence-electron chi connectivity index (χ0n) is 15.3. The number of urea groups is 1. The number of aryl methyl sites for hydroxylation is 2. The minimum Gasteiger partial charge on any atom is -0.371 e. The van der Waals surface area contributed by atoms with Gasteiger partial charge in [0.15, 0.2) is 0 Å². The molecule has 0 saturated carbocycles. The predicted molar refractivity (Wildman–Crippen MR) is 101 cm³/mol. The van der Waals surface area contributed by atoms with Crippen molar-refractivity contribution in [3.05, 3.63) is 41.2 Å². The van der Waals surface area contributed by atoms with Crippen molar-refractivity contribution < 1.29 is 4.79 Å². The fraction of sp³-hybridized carbons (Fsp3) is 0.474. The van der Waals surface area contributed by atoms with E-state index >= 15 is 0 Å². The largest absolute Gasteiger partial charge is 0.371 e. The van der Waals surface area contributed by atoms with Crippen LogP contribution in [0.4, 0.5) is 16.2 Å². The van der Waals surface area contributed by atoms with Gasteiger partial charge in [0.25, 0.3) is 0 Å². The third kappa shape index (κ3) is 3.95. The molecule has 1 aliphatic rings. The highest BCUT2D eigenvalue weighted by Gasteiger charge is 2.14. The fourth-order valence-electron chi connectivity index (χ4n) is 3.40. The Bertz CT molecular complexity index is 746. The van der Waals surface area contributed by atoms with Crippen LogP contribution in [0.3, 0.4) is 0 Å². The van der Waals surface area contributed by atoms with Crippen molar-refractivity contribution in [2.45, 2.75) is 46.7 Å². The normalized spacial score (nSPS) is 14.0. The topological polar surface area (TPSA) is 62.2 Å². The van der Waals surface area contributed by atoms with Crippen LogP contribution < -0.4 is 15.5 Å². The molecular weight excluding hydrogens is 314 g/mol. The highest BCUT2D eigenvalue weighted by Crippen LogP contribution is 2.23. The van der Waals surface area contributed by atoms with Crippen LogP contribution in [0.1, 0.15) is 36.7 Å². The Balaban J connectivity index is 1.59. The molecule has 6 heteroatoms. The molecule has 0 atom stereocenters. The maximum absolute atomic E-state index is 12.3. The van der Waals surface area contributed by atoms with Crippen molar-refractivity contribution in [1.29, 1.82) is 0 Å². The maximum Gasteiger partial charge on any atom is 0.319 e. The molecule has 2 N–H and O–H groups in total. The number of carbonyl (C=O) groups excluding carboxylic acids is 1. The first-order chi connectivity index (χ1) is 12.1. The quantitative estimate of drug-likeness (QED) is 0.876.